The van der Waals surface area contributed by atoms with Crippen molar-refractivity contribution >= 4 is 56.4 Å². The van der Waals surface area contributed by atoms with Gasteiger partial charge in [-0.2, -0.15) is 0 Å². The maximum atomic E-state index is 13.4. The standard InChI is InChI=1S/C31H21F2N3O6S2/c1-41-30(39)24-20(16-6-10-18(32)11-7-16)14-43-28(24)35-26(37)22-4-3-5-23(34-22)27(38)36-29-25(31(40)42-2)21(15-44-29)17-8-12-19(33)13-9-17/h3-15H,1-2H3,(H,35,37)(H,36,38). The minimum Gasteiger partial charge on any atom is -0.465 e. The first-order chi connectivity index (χ1) is 21.2. The van der Waals surface area contributed by atoms with E-state index in [1.807, 2.05) is 0 Å². The van der Waals surface area contributed by atoms with Crippen molar-refractivity contribution in [3.63, 3.8) is 0 Å². The zero-order valence-corrected chi connectivity index (χ0v) is 24.6. The van der Waals surface area contributed by atoms with Crippen molar-refractivity contribution in [1.29, 1.82) is 0 Å². The van der Waals surface area contributed by atoms with Gasteiger partial charge in [0, 0.05) is 21.9 Å². The molecule has 5 rings (SSSR count). The Hall–Kier alpha value is -5.27. The summed E-state index contributed by atoms with van der Waals surface area (Å²) in [5.41, 5.74) is 1.87. The Labute approximate surface area is 257 Å². The molecule has 2 amide bonds. The number of carbonyl (C=O) groups excluding carboxylic acids is 4. The smallest absolute Gasteiger partial charge is 0.341 e. The molecule has 13 heteroatoms. The number of anilines is 2. The van der Waals surface area contributed by atoms with Crippen LogP contribution in [0.5, 0.6) is 0 Å². The summed E-state index contributed by atoms with van der Waals surface area (Å²) in [5, 5.41) is 8.89. The van der Waals surface area contributed by atoms with E-state index in [1.54, 1.807) is 10.8 Å². The number of carbonyl (C=O) groups is 4. The van der Waals surface area contributed by atoms with Gasteiger partial charge >= 0.3 is 11.9 Å². The van der Waals surface area contributed by atoms with Gasteiger partial charge in [-0.15, -0.1) is 22.7 Å². The monoisotopic (exact) mass is 633 g/mol. The molecule has 0 aliphatic carbocycles. The number of benzene rings is 2. The minimum absolute atomic E-state index is 0.0800. The third-order valence-corrected chi connectivity index (χ3v) is 8.13. The molecule has 0 saturated heterocycles. The SMILES string of the molecule is COC(=O)c1c(-c2ccc(F)cc2)csc1NC(=O)c1cccc(C(=O)Nc2scc(-c3ccc(F)cc3)c2C(=O)OC)n1. The Kier molecular flexibility index (Phi) is 8.88. The molecule has 2 aromatic carbocycles. The summed E-state index contributed by atoms with van der Waals surface area (Å²) in [6.07, 6.45) is 0. The fourth-order valence-electron chi connectivity index (χ4n) is 4.21. The Morgan fingerprint density at radius 1 is 0.636 bits per heavy atom. The molecule has 0 bridgehead atoms. The molecule has 222 valence electrons. The molecule has 3 aromatic heterocycles. The highest BCUT2D eigenvalue weighted by molar-refractivity contribution is 7.15. The van der Waals surface area contributed by atoms with Gasteiger partial charge in [0.25, 0.3) is 11.8 Å². The van der Waals surface area contributed by atoms with E-state index in [1.165, 1.54) is 80.9 Å². The molecule has 2 N–H and O–H groups in total. The van der Waals surface area contributed by atoms with E-state index in [0.717, 1.165) is 22.7 Å². The molecule has 0 aliphatic rings. The lowest BCUT2D eigenvalue weighted by Gasteiger charge is -2.09. The number of pyridine rings is 1. The van der Waals surface area contributed by atoms with Crippen LogP contribution in [0.25, 0.3) is 22.3 Å². The Bertz CT molecular complexity index is 1750. The van der Waals surface area contributed by atoms with E-state index < -0.39 is 35.4 Å². The molecule has 0 saturated carbocycles. The normalized spacial score (nSPS) is 10.6. The molecule has 3 heterocycles. The maximum absolute atomic E-state index is 13.4. The van der Waals surface area contributed by atoms with Crippen LogP contribution in [0.4, 0.5) is 18.8 Å². The minimum atomic E-state index is -0.709. The quantitative estimate of drug-likeness (QED) is 0.178. The maximum Gasteiger partial charge on any atom is 0.341 e. The average molecular weight is 634 g/mol. The van der Waals surface area contributed by atoms with Gasteiger partial charge < -0.3 is 20.1 Å². The van der Waals surface area contributed by atoms with E-state index in [0.29, 0.717) is 22.3 Å². The van der Waals surface area contributed by atoms with Crippen LogP contribution in [0, 0.1) is 11.6 Å². The van der Waals surface area contributed by atoms with Crippen LogP contribution >= 0.6 is 22.7 Å². The van der Waals surface area contributed by atoms with Crippen LogP contribution in [0.15, 0.2) is 77.5 Å². The fourth-order valence-corrected chi connectivity index (χ4v) is 6.12. The van der Waals surface area contributed by atoms with Crippen molar-refractivity contribution in [3.8, 4) is 22.3 Å². The summed E-state index contributed by atoms with van der Waals surface area (Å²) >= 11 is 2.13. The number of methoxy groups -OCH3 is 2. The number of thiophene rings is 2. The van der Waals surface area contributed by atoms with Gasteiger partial charge in [0.1, 0.15) is 44.2 Å². The van der Waals surface area contributed by atoms with Crippen LogP contribution in [0.2, 0.25) is 0 Å². The largest absolute Gasteiger partial charge is 0.465 e. The van der Waals surface area contributed by atoms with Gasteiger partial charge in [0.2, 0.25) is 0 Å². The highest BCUT2D eigenvalue weighted by atomic mass is 32.1. The molecule has 0 fully saturated rings. The lowest BCUT2D eigenvalue weighted by atomic mass is 10.0. The molecular weight excluding hydrogens is 612 g/mol. The van der Waals surface area contributed by atoms with E-state index in [2.05, 4.69) is 15.6 Å². The zero-order valence-electron chi connectivity index (χ0n) is 23.0. The number of hydrogen-bond donors (Lipinski definition) is 2. The Morgan fingerprint density at radius 2 is 1.02 bits per heavy atom. The number of nitrogens with one attached hydrogen (secondary N) is 2. The van der Waals surface area contributed by atoms with Crippen LogP contribution in [-0.2, 0) is 9.47 Å². The molecule has 44 heavy (non-hydrogen) atoms. The Balaban J connectivity index is 1.39. The molecule has 0 aliphatic heterocycles. The van der Waals surface area contributed by atoms with Crippen molar-refractivity contribution < 1.29 is 37.4 Å². The van der Waals surface area contributed by atoms with E-state index in [9.17, 15) is 28.0 Å². The van der Waals surface area contributed by atoms with Gasteiger partial charge in [-0.05, 0) is 47.5 Å². The molecule has 0 spiro atoms. The summed E-state index contributed by atoms with van der Waals surface area (Å²) in [6.45, 7) is 0. The first kappa shape index (κ1) is 30.2. The first-order valence-electron chi connectivity index (χ1n) is 12.7. The van der Waals surface area contributed by atoms with Crippen LogP contribution in [0.1, 0.15) is 41.7 Å². The Morgan fingerprint density at radius 3 is 1.39 bits per heavy atom. The average Bonchev–Trinajstić information content (AvgIpc) is 3.65. The first-order valence-corrected chi connectivity index (χ1v) is 14.5. The summed E-state index contributed by atoms with van der Waals surface area (Å²) in [7, 11) is 2.40. The van der Waals surface area contributed by atoms with E-state index in [-0.39, 0.29) is 32.5 Å². The lowest BCUT2D eigenvalue weighted by Crippen LogP contribution is -2.19. The van der Waals surface area contributed by atoms with Gasteiger partial charge in [0.05, 0.1) is 14.2 Å². The zero-order chi connectivity index (χ0) is 31.4. The highest BCUT2D eigenvalue weighted by Gasteiger charge is 2.25. The van der Waals surface area contributed by atoms with Crippen molar-refractivity contribution in [2.75, 3.05) is 24.9 Å². The number of hydrogen-bond acceptors (Lipinski definition) is 9. The highest BCUT2D eigenvalue weighted by Crippen LogP contribution is 2.38. The second-order valence-corrected chi connectivity index (χ2v) is 10.8. The predicted octanol–water partition coefficient (Wildman–Crippen LogP) is 6.89. The van der Waals surface area contributed by atoms with Gasteiger partial charge in [-0.1, -0.05) is 30.3 Å². The van der Waals surface area contributed by atoms with Gasteiger partial charge in [0.15, 0.2) is 0 Å². The number of amides is 2. The number of ether oxygens (including phenoxy) is 2. The van der Waals surface area contributed by atoms with Crippen LogP contribution < -0.4 is 10.6 Å². The van der Waals surface area contributed by atoms with Crippen LogP contribution in [0.3, 0.4) is 0 Å². The van der Waals surface area contributed by atoms with E-state index in [4.69, 9.17) is 9.47 Å². The number of esters is 2. The second-order valence-electron chi connectivity index (χ2n) is 9.02. The lowest BCUT2D eigenvalue weighted by molar-refractivity contribution is 0.0594. The van der Waals surface area contributed by atoms with E-state index >= 15 is 0 Å². The molecule has 9 nitrogen and oxygen atoms in total. The molecule has 5 aromatic rings. The van der Waals surface area contributed by atoms with Crippen molar-refractivity contribution in [2.45, 2.75) is 0 Å². The second kappa shape index (κ2) is 12.9. The number of rotatable bonds is 8. The summed E-state index contributed by atoms with van der Waals surface area (Å²) in [5.74, 6) is -3.72. The molecular formula is C31H21F2N3O6S2. The molecule has 0 radical (unpaired) electrons. The van der Waals surface area contributed by atoms with Crippen molar-refractivity contribution in [3.05, 3.63) is 112 Å². The van der Waals surface area contributed by atoms with Crippen molar-refractivity contribution in [2.24, 2.45) is 0 Å². The number of nitrogens with zero attached hydrogens (tertiary/aromatic N) is 1. The van der Waals surface area contributed by atoms with Gasteiger partial charge in [-0.3, -0.25) is 9.59 Å². The number of halogens is 2. The molecule has 0 unspecified atom stereocenters. The predicted molar refractivity (Wildman–Crippen MR) is 162 cm³/mol. The third kappa shape index (κ3) is 6.23. The third-order valence-electron chi connectivity index (χ3n) is 6.34. The van der Waals surface area contributed by atoms with Crippen molar-refractivity contribution in [1.82, 2.24) is 4.98 Å². The summed E-state index contributed by atoms with van der Waals surface area (Å²) in [4.78, 5) is 55.8. The number of aromatic nitrogens is 1. The summed E-state index contributed by atoms with van der Waals surface area (Å²) < 4.78 is 36.7. The molecule has 0 atom stereocenters. The van der Waals surface area contributed by atoms with Crippen LogP contribution in [-0.4, -0.2) is 43.0 Å². The van der Waals surface area contributed by atoms with Gasteiger partial charge in [-0.25, -0.2) is 23.4 Å². The fraction of sp³-hybridized carbons (Fsp3) is 0.0645. The topological polar surface area (TPSA) is 124 Å². The summed E-state index contributed by atoms with van der Waals surface area (Å²) in [6, 6.07) is 15.2.